The van der Waals surface area contributed by atoms with Crippen LogP contribution in [0.3, 0.4) is 0 Å². The Hall–Kier alpha value is -0.820. The van der Waals surface area contributed by atoms with Gasteiger partial charge in [0.1, 0.15) is 12.2 Å². The van der Waals surface area contributed by atoms with Gasteiger partial charge in [-0.25, -0.2) is 4.79 Å². The minimum atomic E-state index is -5.04. The molecule has 4 nitrogen and oxygen atoms in total. The van der Waals surface area contributed by atoms with Crippen molar-refractivity contribution in [1.82, 2.24) is 0 Å². The molecule has 0 bridgehead atoms. The highest BCUT2D eigenvalue weighted by atomic mass is 19.4. The van der Waals surface area contributed by atoms with E-state index in [9.17, 15) is 23.1 Å². The minimum absolute atomic E-state index is 0.504. The molecule has 0 spiro atoms. The molecular weight excluding hydrogens is 227 g/mol. The molecule has 1 fully saturated rings. The molecule has 0 heterocycles. The molecule has 1 unspecified atom stereocenters. The Morgan fingerprint density at radius 1 is 1.50 bits per heavy atom. The molecule has 1 atom stereocenters. The predicted molar refractivity (Wildman–Crippen MR) is 48.4 cm³/mol. The first-order chi connectivity index (χ1) is 7.08. The molecule has 0 saturated heterocycles. The molecule has 1 aliphatic rings. The van der Waals surface area contributed by atoms with Crippen molar-refractivity contribution in [3.05, 3.63) is 0 Å². The van der Waals surface area contributed by atoms with Crippen LogP contribution in [-0.2, 0) is 9.53 Å². The predicted octanol–water partition coefficient (Wildman–Crippen LogP) is 0.724. The lowest BCUT2D eigenvalue weighted by atomic mass is 9.67. The smallest absolute Gasteiger partial charge is 0.456 e. The third kappa shape index (κ3) is 2.46. The number of carbonyl (C=O) groups excluding carboxylic acids is 1. The maximum Gasteiger partial charge on any atom is 0.490 e. The van der Waals surface area contributed by atoms with Gasteiger partial charge in [0.2, 0.25) is 0 Å². The van der Waals surface area contributed by atoms with Gasteiger partial charge >= 0.3 is 12.1 Å². The second kappa shape index (κ2) is 3.89. The average Bonchev–Trinajstić information content (AvgIpc) is 2.08. The van der Waals surface area contributed by atoms with E-state index >= 15 is 0 Å². The summed E-state index contributed by atoms with van der Waals surface area (Å²) in [7, 11) is 0. The van der Waals surface area contributed by atoms with Gasteiger partial charge in [0, 0.05) is 5.54 Å². The Kier molecular flexibility index (Phi) is 3.22. The number of carbonyl (C=O) groups is 1. The van der Waals surface area contributed by atoms with Crippen LogP contribution in [0.25, 0.3) is 0 Å². The van der Waals surface area contributed by atoms with E-state index in [4.69, 9.17) is 5.73 Å². The van der Waals surface area contributed by atoms with Gasteiger partial charge in [-0.3, -0.25) is 0 Å². The SMILES string of the molecule is CC(O)(COC(=O)C(F)(F)F)C1(N)CCC1. The number of esters is 1. The van der Waals surface area contributed by atoms with Crippen molar-refractivity contribution in [3.63, 3.8) is 0 Å². The Morgan fingerprint density at radius 2 is 2.00 bits per heavy atom. The lowest BCUT2D eigenvalue weighted by Crippen LogP contribution is -2.65. The highest BCUT2D eigenvalue weighted by molar-refractivity contribution is 5.75. The number of hydrogen-bond acceptors (Lipinski definition) is 4. The van der Waals surface area contributed by atoms with Crippen molar-refractivity contribution in [2.45, 2.75) is 43.5 Å². The van der Waals surface area contributed by atoms with Gasteiger partial charge in [-0.15, -0.1) is 0 Å². The Labute approximate surface area is 90.6 Å². The van der Waals surface area contributed by atoms with Gasteiger partial charge in [-0.05, 0) is 26.2 Å². The number of aliphatic hydroxyl groups is 1. The first-order valence-electron chi connectivity index (χ1n) is 4.84. The standard InChI is InChI=1S/C9H14F3NO3/c1-7(15,8(13)3-2-4-8)5-16-6(14)9(10,11)12/h15H,2-5,13H2,1H3. The zero-order valence-electron chi connectivity index (χ0n) is 8.80. The van der Waals surface area contributed by atoms with Gasteiger partial charge in [0.25, 0.3) is 0 Å². The van der Waals surface area contributed by atoms with Gasteiger partial charge in [0.15, 0.2) is 0 Å². The summed E-state index contributed by atoms with van der Waals surface area (Å²) in [4.78, 5) is 10.4. The Morgan fingerprint density at radius 3 is 2.31 bits per heavy atom. The lowest BCUT2D eigenvalue weighted by molar-refractivity contribution is -0.208. The van der Waals surface area contributed by atoms with Crippen molar-refractivity contribution in [2.24, 2.45) is 5.73 Å². The molecule has 0 aromatic carbocycles. The van der Waals surface area contributed by atoms with Crippen LogP contribution in [-0.4, -0.2) is 35.0 Å². The van der Waals surface area contributed by atoms with Crippen LogP contribution in [0.4, 0.5) is 13.2 Å². The van der Waals surface area contributed by atoms with E-state index in [-0.39, 0.29) is 0 Å². The summed E-state index contributed by atoms with van der Waals surface area (Å²) >= 11 is 0. The van der Waals surface area contributed by atoms with E-state index in [0.29, 0.717) is 12.8 Å². The van der Waals surface area contributed by atoms with Crippen LogP contribution in [0.1, 0.15) is 26.2 Å². The van der Waals surface area contributed by atoms with E-state index in [1.165, 1.54) is 6.92 Å². The van der Waals surface area contributed by atoms with Gasteiger partial charge in [0.05, 0.1) is 0 Å². The summed E-state index contributed by atoms with van der Waals surface area (Å²) in [5.74, 6) is -2.31. The third-order valence-corrected chi connectivity index (χ3v) is 3.03. The van der Waals surface area contributed by atoms with Gasteiger partial charge in [-0.2, -0.15) is 13.2 Å². The second-order valence-corrected chi connectivity index (χ2v) is 4.36. The molecule has 94 valence electrons. The molecule has 1 aliphatic carbocycles. The molecule has 3 N–H and O–H groups in total. The monoisotopic (exact) mass is 241 g/mol. The zero-order valence-corrected chi connectivity index (χ0v) is 8.80. The van der Waals surface area contributed by atoms with Crippen molar-refractivity contribution >= 4 is 5.97 Å². The first kappa shape index (κ1) is 13.2. The Bertz CT molecular complexity index is 284. The van der Waals surface area contributed by atoms with E-state index in [1.54, 1.807) is 0 Å². The van der Waals surface area contributed by atoms with Crippen molar-refractivity contribution in [1.29, 1.82) is 0 Å². The molecule has 0 aromatic heterocycles. The number of ether oxygens (including phenoxy) is 1. The largest absolute Gasteiger partial charge is 0.490 e. The van der Waals surface area contributed by atoms with Crippen LogP contribution in [0, 0.1) is 0 Å². The fraction of sp³-hybridized carbons (Fsp3) is 0.889. The number of halogens is 3. The van der Waals surface area contributed by atoms with Crippen LogP contribution >= 0.6 is 0 Å². The van der Waals surface area contributed by atoms with E-state index < -0.39 is 29.9 Å². The lowest BCUT2D eigenvalue weighted by Gasteiger charge is -2.48. The fourth-order valence-corrected chi connectivity index (χ4v) is 1.53. The van der Waals surface area contributed by atoms with Gasteiger partial charge < -0.3 is 15.6 Å². The highest BCUT2D eigenvalue weighted by Gasteiger charge is 2.50. The van der Waals surface area contributed by atoms with Crippen LogP contribution in [0.2, 0.25) is 0 Å². The topological polar surface area (TPSA) is 72.5 Å². The third-order valence-electron chi connectivity index (χ3n) is 3.03. The number of hydrogen-bond donors (Lipinski definition) is 2. The summed E-state index contributed by atoms with van der Waals surface area (Å²) in [5, 5.41) is 9.84. The minimum Gasteiger partial charge on any atom is -0.456 e. The normalized spacial score (nSPS) is 23.1. The average molecular weight is 241 g/mol. The summed E-state index contributed by atoms with van der Waals surface area (Å²) in [5.41, 5.74) is 3.16. The Balaban J connectivity index is 2.51. The fourth-order valence-electron chi connectivity index (χ4n) is 1.53. The molecule has 7 heteroatoms. The van der Waals surface area contributed by atoms with Crippen LogP contribution < -0.4 is 5.73 Å². The van der Waals surface area contributed by atoms with Crippen molar-refractivity contribution < 1.29 is 27.8 Å². The number of alkyl halides is 3. The summed E-state index contributed by atoms with van der Waals surface area (Å²) in [6.45, 7) is 0.525. The maximum absolute atomic E-state index is 11.8. The molecule has 0 amide bonds. The highest BCUT2D eigenvalue weighted by Crippen LogP contribution is 2.38. The van der Waals surface area contributed by atoms with Crippen LogP contribution in [0.15, 0.2) is 0 Å². The van der Waals surface area contributed by atoms with Crippen molar-refractivity contribution in [2.75, 3.05) is 6.61 Å². The second-order valence-electron chi connectivity index (χ2n) is 4.36. The summed E-state index contributed by atoms with van der Waals surface area (Å²) in [6.07, 6.45) is -3.23. The summed E-state index contributed by atoms with van der Waals surface area (Å²) < 4.78 is 39.5. The molecule has 1 rings (SSSR count). The van der Waals surface area contributed by atoms with E-state index in [1.807, 2.05) is 0 Å². The molecule has 16 heavy (non-hydrogen) atoms. The van der Waals surface area contributed by atoms with E-state index in [2.05, 4.69) is 4.74 Å². The molecular formula is C9H14F3NO3. The zero-order chi connectivity index (χ0) is 12.6. The molecule has 0 aliphatic heterocycles. The molecule has 0 aromatic rings. The maximum atomic E-state index is 11.8. The molecule has 1 saturated carbocycles. The van der Waals surface area contributed by atoms with Crippen LogP contribution in [0.5, 0.6) is 0 Å². The number of rotatable bonds is 3. The first-order valence-corrected chi connectivity index (χ1v) is 4.84. The summed E-state index contributed by atoms with van der Waals surface area (Å²) in [6, 6.07) is 0. The van der Waals surface area contributed by atoms with Gasteiger partial charge in [-0.1, -0.05) is 0 Å². The van der Waals surface area contributed by atoms with E-state index in [0.717, 1.165) is 6.42 Å². The van der Waals surface area contributed by atoms with Crippen molar-refractivity contribution in [3.8, 4) is 0 Å². The molecule has 0 radical (unpaired) electrons. The quantitative estimate of drug-likeness (QED) is 0.714. The number of nitrogens with two attached hydrogens (primary N) is 1.